The first-order valence-corrected chi connectivity index (χ1v) is 11.4. The lowest BCUT2D eigenvalue weighted by atomic mass is 10.1. The third-order valence-corrected chi connectivity index (χ3v) is 4.84. The van der Waals surface area contributed by atoms with E-state index < -0.39 is 5.97 Å². The van der Waals surface area contributed by atoms with E-state index in [0.29, 0.717) is 6.42 Å². The zero-order valence-corrected chi connectivity index (χ0v) is 17.8. The summed E-state index contributed by atoms with van der Waals surface area (Å²) in [6.45, 7) is 2.26. The number of unbranched alkanes of at least 4 members (excludes halogenated alkanes) is 16. The van der Waals surface area contributed by atoms with Crippen molar-refractivity contribution in [1.29, 1.82) is 0 Å². The molecule has 0 spiro atoms. The van der Waals surface area contributed by atoms with Gasteiger partial charge in [0.1, 0.15) is 0 Å². The summed E-state index contributed by atoms with van der Waals surface area (Å²) in [5, 5.41) is 8.56. The van der Waals surface area contributed by atoms with Crippen molar-refractivity contribution in [2.24, 2.45) is 0 Å². The van der Waals surface area contributed by atoms with E-state index in [4.69, 9.17) is 5.11 Å². The van der Waals surface area contributed by atoms with E-state index >= 15 is 0 Å². The highest BCUT2D eigenvalue weighted by Crippen LogP contribution is 2.10. The fourth-order valence-corrected chi connectivity index (χ4v) is 3.11. The van der Waals surface area contributed by atoms with Crippen LogP contribution in [0.15, 0.2) is 0 Å². The molecule has 0 fully saturated rings. The maximum Gasteiger partial charge on any atom is 0.303 e. The van der Waals surface area contributed by atoms with Crippen LogP contribution < -0.4 is 0 Å². The highest BCUT2D eigenvalue weighted by atomic mass is 16.4. The van der Waals surface area contributed by atoms with Gasteiger partial charge >= 0.3 is 5.97 Å². The van der Waals surface area contributed by atoms with Crippen molar-refractivity contribution in [2.45, 2.75) is 129 Å². The molecule has 0 saturated heterocycles. The second kappa shape index (κ2) is 22.6. The number of aliphatic carboxylic acids is 1. The Morgan fingerprint density at radius 3 is 1.37 bits per heavy atom. The van der Waals surface area contributed by atoms with Crippen LogP contribution in [0.1, 0.15) is 129 Å². The minimum absolute atomic E-state index is 0.320. The number of rotatable bonds is 18. The summed E-state index contributed by atoms with van der Waals surface area (Å²) in [5.41, 5.74) is 0. The van der Waals surface area contributed by atoms with Crippen LogP contribution in [0.3, 0.4) is 0 Å². The Kier molecular flexibility index (Phi) is 21.4. The molecule has 2 nitrogen and oxygen atoms in total. The van der Waals surface area contributed by atoms with Crippen LogP contribution in [0, 0.1) is 23.7 Å². The molecule has 0 heterocycles. The largest absolute Gasteiger partial charge is 0.481 e. The van der Waals surface area contributed by atoms with Gasteiger partial charge in [0, 0.05) is 19.3 Å². The lowest BCUT2D eigenvalue weighted by Gasteiger charge is -2.00. The molecular weight excluding hydrogens is 332 g/mol. The molecule has 0 aliphatic carbocycles. The molecule has 0 saturated carbocycles. The van der Waals surface area contributed by atoms with Gasteiger partial charge in [-0.25, -0.2) is 0 Å². The molecule has 0 aromatic rings. The maximum atomic E-state index is 10.4. The lowest BCUT2D eigenvalue weighted by Crippen LogP contribution is -1.93. The number of carboxylic acid groups (broad SMARTS) is 1. The van der Waals surface area contributed by atoms with E-state index in [0.717, 1.165) is 25.7 Å². The minimum Gasteiger partial charge on any atom is -0.481 e. The van der Waals surface area contributed by atoms with Crippen LogP contribution >= 0.6 is 0 Å². The van der Waals surface area contributed by atoms with E-state index in [2.05, 4.69) is 30.6 Å². The quantitative estimate of drug-likeness (QED) is 0.199. The maximum absolute atomic E-state index is 10.4. The van der Waals surface area contributed by atoms with E-state index in [1.54, 1.807) is 0 Å². The molecule has 0 atom stereocenters. The van der Waals surface area contributed by atoms with Gasteiger partial charge in [0.2, 0.25) is 0 Å². The zero-order valence-electron chi connectivity index (χ0n) is 17.8. The van der Waals surface area contributed by atoms with Crippen molar-refractivity contribution in [3.05, 3.63) is 0 Å². The SMILES string of the molecule is CCCCCCCCCCC#CC#CCCCCCCCCCCC(=O)O. The highest BCUT2D eigenvalue weighted by Gasteiger charge is 1.96. The first-order valence-electron chi connectivity index (χ1n) is 11.4. The van der Waals surface area contributed by atoms with Gasteiger partial charge in [-0.1, -0.05) is 102 Å². The molecule has 27 heavy (non-hydrogen) atoms. The van der Waals surface area contributed by atoms with E-state index in [1.807, 2.05) is 0 Å². The van der Waals surface area contributed by atoms with E-state index in [-0.39, 0.29) is 0 Å². The van der Waals surface area contributed by atoms with Crippen LogP contribution in [0.5, 0.6) is 0 Å². The number of carboxylic acids is 1. The second-order valence-electron chi connectivity index (χ2n) is 7.55. The topological polar surface area (TPSA) is 37.3 Å². The second-order valence-corrected chi connectivity index (χ2v) is 7.55. The van der Waals surface area contributed by atoms with Crippen LogP contribution in [-0.4, -0.2) is 11.1 Å². The Hall–Kier alpha value is -1.41. The van der Waals surface area contributed by atoms with Gasteiger partial charge in [-0.3, -0.25) is 4.79 Å². The molecule has 0 rings (SSSR count). The fourth-order valence-electron chi connectivity index (χ4n) is 3.11. The molecule has 0 aromatic heterocycles. The summed E-state index contributed by atoms with van der Waals surface area (Å²) in [4.78, 5) is 10.4. The molecule has 0 aliphatic rings. The van der Waals surface area contributed by atoms with Gasteiger partial charge in [-0.15, -0.1) is 0 Å². The Morgan fingerprint density at radius 1 is 0.593 bits per heavy atom. The Balaban J connectivity index is 3.24. The van der Waals surface area contributed by atoms with Crippen molar-refractivity contribution in [3.8, 4) is 23.7 Å². The average molecular weight is 375 g/mol. The van der Waals surface area contributed by atoms with Crippen molar-refractivity contribution >= 4 is 5.97 Å². The van der Waals surface area contributed by atoms with Crippen LogP contribution in [0.4, 0.5) is 0 Å². The molecule has 0 unspecified atom stereocenters. The lowest BCUT2D eigenvalue weighted by molar-refractivity contribution is -0.137. The molecule has 2 heteroatoms. The third-order valence-electron chi connectivity index (χ3n) is 4.84. The zero-order chi connectivity index (χ0) is 19.8. The monoisotopic (exact) mass is 374 g/mol. The van der Waals surface area contributed by atoms with Crippen molar-refractivity contribution < 1.29 is 9.90 Å². The predicted molar refractivity (Wildman–Crippen MR) is 117 cm³/mol. The van der Waals surface area contributed by atoms with Gasteiger partial charge in [-0.2, -0.15) is 0 Å². The molecule has 154 valence electrons. The Labute approximate surface area is 168 Å². The average Bonchev–Trinajstić information content (AvgIpc) is 2.65. The molecule has 0 radical (unpaired) electrons. The smallest absolute Gasteiger partial charge is 0.303 e. The normalized spacial score (nSPS) is 9.96. The molecule has 0 aromatic carbocycles. The summed E-state index contributed by atoms with van der Waals surface area (Å²) in [7, 11) is 0. The number of carbonyl (C=O) groups is 1. The first kappa shape index (κ1) is 25.6. The standard InChI is InChI=1S/C25H42O2/c1-2-3-4-5-6-7-8-9-10-11-12-13-14-15-16-17-18-19-20-21-22-23-24-25(26)27/h2-10,15-24H2,1H3,(H,26,27). The Bertz CT molecular complexity index is 444. The summed E-state index contributed by atoms with van der Waals surface area (Å²) in [6, 6.07) is 0. The molecule has 1 N–H and O–H groups in total. The molecule has 0 amide bonds. The van der Waals surface area contributed by atoms with Crippen molar-refractivity contribution in [3.63, 3.8) is 0 Å². The molecule has 0 bridgehead atoms. The van der Waals surface area contributed by atoms with Gasteiger partial charge in [0.15, 0.2) is 0 Å². The molecular formula is C25H42O2. The predicted octanol–water partition coefficient (Wildman–Crippen LogP) is 7.51. The molecule has 0 aliphatic heterocycles. The van der Waals surface area contributed by atoms with E-state index in [1.165, 1.54) is 89.9 Å². The van der Waals surface area contributed by atoms with Crippen LogP contribution in [-0.2, 0) is 4.79 Å². The Morgan fingerprint density at radius 2 is 0.963 bits per heavy atom. The number of hydrogen-bond acceptors (Lipinski definition) is 1. The van der Waals surface area contributed by atoms with E-state index in [9.17, 15) is 4.79 Å². The third kappa shape index (κ3) is 24.6. The fraction of sp³-hybridized carbons (Fsp3) is 0.800. The van der Waals surface area contributed by atoms with Crippen LogP contribution in [0.2, 0.25) is 0 Å². The van der Waals surface area contributed by atoms with Crippen LogP contribution in [0.25, 0.3) is 0 Å². The highest BCUT2D eigenvalue weighted by molar-refractivity contribution is 5.66. The van der Waals surface area contributed by atoms with Gasteiger partial charge in [-0.05, 0) is 31.1 Å². The first-order chi connectivity index (χ1) is 13.3. The number of hydrogen-bond donors (Lipinski definition) is 1. The summed E-state index contributed by atoms with van der Waals surface area (Å²) in [5.74, 6) is 11.6. The van der Waals surface area contributed by atoms with Crippen molar-refractivity contribution in [2.75, 3.05) is 0 Å². The van der Waals surface area contributed by atoms with Gasteiger partial charge < -0.3 is 5.11 Å². The minimum atomic E-state index is -0.672. The summed E-state index contributed by atoms with van der Waals surface area (Å²) >= 11 is 0. The summed E-state index contributed by atoms with van der Waals surface area (Å²) in [6.07, 6.45) is 22.3. The van der Waals surface area contributed by atoms with Crippen molar-refractivity contribution in [1.82, 2.24) is 0 Å². The van der Waals surface area contributed by atoms with Gasteiger partial charge in [0.25, 0.3) is 0 Å². The summed E-state index contributed by atoms with van der Waals surface area (Å²) < 4.78 is 0. The van der Waals surface area contributed by atoms with Gasteiger partial charge in [0.05, 0.1) is 0 Å².